The molecule has 2 N–H and O–H groups in total. The van der Waals surface area contributed by atoms with Crippen LogP contribution in [0.25, 0.3) is 34.2 Å². The molecule has 0 spiro atoms. The first-order valence-electron chi connectivity index (χ1n) is 19.1. The van der Waals surface area contributed by atoms with Gasteiger partial charge in [0.25, 0.3) is 0 Å². The van der Waals surface area contributed by atoms with Gasteiger partial charge in [0, 0.05) is 11.1 Å². The largest absolute Gasteiger partial charge is 0.507 e. The van der Waals surface area contributed by atoms with E-state index in [2.05, 4.69) is 26.8 Å². The minimum Gasteiger partial charge on any atom is -0.507 e. The van der Waals surface area contributed by atoms with E-state index in [4.69, 9.17) is 24.4 Å². The van der Waals surface area contributed by atoms with Crippen molar-refractivity contribution in [2.75, 3.05) is 13.2 Å². The van der Waals surface area contributed by atoms with Crippen molar-refractivity contribution in [2.45, 2.75) is 131 Å². The molecule has 0 fully saturated rings. The third-order valence-corrected chi connectivity index (χ3v) is 9.54. The molecule has 0 radical (unpaired) electrons. The van der Waals surface area contributed by atoms with Crippen LogP contribution >= 0.6 is 0 Å². The molecule has 0 saturated heterocycles. The molecule has 1 aromatic heterocycles. The summed E-state index contributed by atoms with van der Waals surface area (Å²) in [6.07, 6.45) is 15.9. The van der Waals surface area contributed by atoms with Crippen LogP contribution in [0.2, 0.25) is 0 Å². The van der Waals surface area contributed by atoms with Crippen molar-refractivity contribution in [1.82, 2.24) is 15.0 Å². The highest BCUT2D eigenvalue weighted by Gasteiger charge is 2.20. The van der Waals surface area contributed by atoms with Gasteiger partial charge in [0.1, 0.15) is 23.0 Å². The van der Waals surface area contributed by atoms with Gasteiger partial charge in [0.15, 0.2) is 17.5 Å². The lowest BCUT2D eigenvalue weighted by molar-refractivity contribution is 0.301. The summed E-state index contributed by atoms with van der Waals surface area (Å²) in [7, 11) is 0. The molecule has 0 bridgehead atoms. The van der Waals surface area contributed by atoms with Crippen LogP contribution < -0.4 is 9.47 Å². The monoisotopic (exact) mass is 681 g/mol. The zero-order valence-corrected chi connectivity index (χ0v) is 31.4. The number of ether oxygens (including phenoxy) is 2. The first-order valence-corrected chi connectivity index (χ1v) is 19.1. The van der Waals surface area contributed by atoms with Gasteiger partial charge in [-0.15, -0.1) is 0 Å². The molecule has 0 aliphatic rings. The topological polar surface area (TPSA) is 97.6 Å². The number of hydrogen-bond acceptors (Lipinski definition) is 7. The van der Waals surface area contributed by atoms with Gasteiger partial charge in [-0.25, -0.2) is 15.0 Å². The number of phenolic OH excluding ortho intramolecular Hbond substituents is 2. The van der Waals surface area contributed by atoms with Crippen LogP contribution in [0.15, 0.2) is 42.5 Å². The van der Waals surface area contributed by atoms with E-state index in [1.807, 2.05) is 51.1 Å². The lowest BCUT2D eigenvalue weighted by Gasteiger charge is -2.16. The van der Waals surface area contributed by atoms with Crippen molar-refractivity contribution >= 4 is 0 Å². The summed E-state index contributed by atoms with van der Waals surface area (Å²) in [4.78, 5) is 14.6. The molecule has 0 unspecified atom stereocenters. The minimum absolute atomic E-state index is 0.0704. The van der Waals surface area contributed by atoms with E-state index in [1.165, 1.54) is 51.4 Å². The van der Waals surface area contributed by atoms with Gasteiger partial charge < -0.3 is 19.7 Å². The Bertz CT molecular complexity index is 1580. The summed E-state index contributed by atoms with van der Waals surface area (Å²) in [5.41, 5.74) is 5.42. The molecule has 270 valence electrons. The van der Waals surface area contributed by atoms with E-state index in [9.17, 15) is 10.2 Å². The minimum atomic E-state index is 0.0704. The predicted molar refractivity (Wildman–Crippen MR) is 205 cm³/mol. The molecule has 0 aliphatic carbocycles. The summed E-state index contributed by atoms with van der Waals surface area (Å²) in [6.45, 7) is 13.7. The van der Waals surface area contributed by atoms with E-state index >= 15 is 0 Å². The molecule has 0 atom stereocenters. The first kappa shape index (κ1) is 38.7. The zero-order valence-electron chi connectivity index (χ0n) is 31.4. The normalized spacial score (nSPS) is 11.2. The van der Waals surface area contributed by atoms with Gasteiger partial charge in [-0.1, -0.05) is 91.0 Å². The maximum Gasteiger partial charge on any atom is 0.167 e. The van der Waals surface area contributed by atoms with Gasteiger partial charge in [-0.3, -0.25) is 0 Å². The van der Waals surface area contributed by atoms with Crippen molar-refractivity contribution in [3.8, 4) is 57.2 Å². The van der Waals surface area contributed by atoms with Crippen LogP contribution in [0, 0.1) is 20.8 Å². The summed E-state index contributed by atoms with van der Waals surface area (Å²) < 4.78 is 12.1. The summed E-state index contributed by atoms with van der Waals surface area (Å²) in [5, 5.41) is 22.9. The second-order valence-corrected chi connectivity index (χ2v) is 13.6. The number of aromatic hydroxyl groups is 2. The number of unbranched alkanes of at least 4 members (excludes halogenated alkanes) is 10. The second kappa shape index (κ2) is 19.9. The molecule has 3 aromatic carbocycles. The Morgan fingerprint density at radius 3 is 1.62 bits per heavy atom. The van der Waals surface area contributed by atoms with Crippen LogP contribution in [0.4, 0.5) is 0 Å². The van der Waals surface area contributed by atoms with Gasteiger partial charge in [-0.2, -0.15) is 0 Å². The number of rotatable bonds is 21. The molecule has 4 aromatic rings. The highest BCUT2D eigenvalue weighted by Crippen LogP contribution is 2.39. The molecular formula is C43H59N3O4. The number of benzene rings is 3. The van der Waals surface area contributed by atoms with Crippen LogP contribution in [-0.2, 0) is 6.42 Å². The Morgan fingerprint density at radius 1 is 0.520 bits per heavy atom. The number of nitrogens with zero attached hydrogens (tertiary/aromatic N) is 3. The summed E-state index contributed by atoms with van der Waals surface area (Å²) in [5.74, 6) is 2.87. The van der Waals surface area contributed by atoms with Crippen LogP contribution in [0.5, 0.6) is 23.0 Å². The number of hydrogen-bond donors (Lipinski definition) is 2. The van der Waals surface area contributed by atoms with Crippen molar-refractivity contribution in [3.05, 3.63) is 64.7 Å². The molecule has 1 heterocycles. The SMILES string of the molecule is CCCCCCCc1ccc(-c2nc(-c3ccc(OCCCCCC)c(C)c3)nc(-c3ccc(OCCCCCC)c(C)c3O)n2)c(O)c1C. The maximum atomic E-state index is 11.5. The molecule has 7 nitrogen and oxygen atoms in total. The predicted octanol–water partition coefficient (Wildman–Crippen LogP) is 11.6. The molecule has 50 heavy (non-hydrogen) atoms. The average Bonchev–Trinajstić information content (AvgIpc) is 3.12. The summed E-state index contributed by atoms with van der Waals surface area (Å²) in [6, 6.07) is 13.6. The number of aromatic nitrogens is 3. The zero-order chi connectivity index (χ0) is 35.9. The fraction of sp³-hybridized carbons (Fsp3) is 0.512. The molecule has 0 amide bonds. The Morgan fingerprint density at radius 2 is 1.02 bits per heavy atom. The Balaban J connectivity index is 1.71. The first-order chi connectivity index (χ1) is 24.3. The quantitative estimate of drug-likeness (QED) is 0.0845. The average molecular weight is 682 g/mol. The van der Waals surface area contributed by atoms with E-state index in [0.29, 0.717) is 53.1 Å². The molecule has 7 heteroatoms. The van der Waals surface area contributed by atoms with E-state index in [0.717, 1.165) is 66.5 Å². The lowest BCUT2D eigenvalue weighted by atomic mass is 9.97. The fourth-order valence-corrected chi connectivity index (χ4v) is 6.25. The maximum absolute atomic E-state index is 11.5. The number of phenols is 2. The second-order valence-electron chi connectivity index (χ2n) is 13.6. The van der Waals surface area contributed by atoms with E-state index in [-0.39, 0.29) is 11.5 Å². The Kier molecular flexibility index (Phi) is 15.4. The van der Waals surface area contributed by atoms with Gasteiger partial charge in [-0.05, 0) is 99.5 Å². The molecule has 0 aliphatic heterocycles. The highest BCUT2D eigenvalue weighted by molar-refractivity contribution is 5.75. The third-order valence-electron chi connectivity index (χ3n) is 9.54. The van der Waals surface area contributed by atoms with Crippen molar-refractivity contribution < 1.29 is 19.7 Å². The van der Waals surface area contributed by atoms with Crippen molar-refractivity contribution in [3.63, 3.8) is 0 Å². The molecule has 4 rings (SSSR count). The molecule has 0 saturated carbocycles. The summed E-state index contributed by atoms with van der Waals surface area (Å²) >= 11 is 0. The van der Waals surface area contributed by atoms with Gasteiger partial charge in [0.2, 0.25) is 0 Å². The van der Waals surface area contributed by atoms with Crippen LogP contribution in [0.1, 0.15) is 126 Å². The Hall–Kier alpha value is -4.13. The number of aryl methyl sites for hydroxylation is 2. The standard InChI is InChI=1S/C43H59N3O4/c1-7-10-13-16-17-20-33-21-23-35(39(47)31(33)5)42-44-41(34-22-25-37(30(4)29-34)49-27-18-14-11-8-2)45-43(46-42)36-24-26-38(32(6)40(36)48)50-28-19-15-12-9-3/h21-26,29,47-48H,7-20,27-28H2,1-6H3. The van der Waals surface area contributed by atoms with Crippen molar-refractivity contribution in [2.24, 2.45) is 0 Å². The fourth-order valence-electron chi connectivity index (χ4n) is 6.25. The lowest BCUT2D eigenvalue weighted by Crippen LogP contribution is -2.03. The smallest absolute Gasteiger partial charge is 0.167 e. The van der Waals surface area contributed by atoms with Crippen molar-refractivity contribution in [1.29, 1.82) is 0 Å². The van der Waals surface area contributed by atoms with E-state index < -0.39 is 0 Å². The Labute approximate surface area is 300 Å². The third kappa shape index (κ3) is 10.4. The highest BCUT2D eigenvalue weighted by atomic mass is 16.5. The van der Waals surface area contributed by atoms with E-state index in [1.54, 1.807) is 6.07 Å². The van der Waals surface area contributed by atoms with Gasteiger partial charge >= 0.3 is 0 Å². The molecular weight excluding hydrogens is 622 g/mol. The van der Waals surface area contributed by atoms with Crippen LogP contribution in [-0.4, -0.2) is 38.4 Å². The van der Waals surface area contributed by atoms with Gasteiger partial charge in [0.05, 0.1) is 24.3 Å². The van der Waals surface area contributed by atoms with Crippen LogP contribution in [0.3, 0.4) is 0 Å².